The van der Waals surface area contributed by atoms with Crippen molar-refractivity contribution in [3.8, 4) is 0 Å². The van der Waals surface area contributed by atoms with Crippen LogP contribution >= 0.6 is 0 Å². The molecule has 2 atom stereocenters. The predicted molar refractivity (Wildman–Crippen MR) is 58.8 cm³/mol. The maximum absolute atomic E-state index is 9.65. The molecule has 1 aliphatic rings. The number of hydrogen-bond acceptors (Lipinski definition) is 4. The average Bonchev–Trinajstić information content (AvgIpc) is 2.23. The summed E-state index contributed by atoms with van der Waals surface area (Å²) in [6.45, 7) is 5.77. The lowest BCUT2D eigenvalue weighted by Crippen LogP contribution is -2.42. The fraction of sp³-hybridized carbons (Fsp3) is 0.636. The summed E-state index contributed by atoms with van der Waals surface area (Å²) in [6.07, 6.45) is 4.08. The quantitative estimate of drug-likeness (QED) is 0.746. The number of aryl methyl sites for hydroxylation is 1. The Labute approximate surface area is 90.0 Å². The average molecular weight is 207 g/mol. The van der Waals surface area contributed by atoms with Crippen molar-refractivity contribution >= 4 is 5.82 Å². The molecule has 4 heteroatoms. The summed E-state index contributed by atoms with van der Waals surface area (Å²) in [5, 5.41) is 9.65. The van der Waals surface area contributed by atoms with Crippen LogP contribution in [0.3, 0.4) is 0 Å². The molecule has 0 aromatic carbocycles. The zero-order chi connectivity index (χ0) is 10.8. The highest BCUT2D eigenvalue weighted by molar-refractivity contribution is 5.42. The van der Waals surface area contributed by atoms with Gasteiger partial charge in [-0.15, -0.1) is 0 Å². The highest BCUT2D eigenvalue weighted by Gasteiger charge is 2.25. The van der Waals surface area contributed by atoms with E-state index in [1.165, 1.54) is 0 Å². The third-order valence-electron chi connectivity index (χ3n) is 3.01. The van der Waals surface area contributed by atoms with Gasteiger partial charge in [0.2, 0.25) is 0 Å². The van der Waals surface area contributed by atoms with E-state index in [-0.39, 0.29) is 6.10 Å². The molecule has 1 aliphatic heterocycles. The molecule has 0 radical (unpaired) electrons. The van der Waals surface area contributed by atoms with Gasteiger partial charge in [0.15, 0.2) is 0 Å². The number of anilines is 1. The Balaban J connectivity index is 2.15. The largest absolute Gasteiger partial charge is 0.393 e. The van der Waals surface area contributed by atoms with Crippen LogP contribution in [0.2, 0.25) is 0 Å². The third kappa shape index (κ3) is 2.09. The lowest BCUT2D eigenvalue weighted by atomic mass is 9.97. The van der Waals surface area contributed by atoms with Crippen molar-refractivity contribution in [1.29, 1.82) is 0 Å². The SMILES string of the molecule is Cc1nccnc1N1CCC(O)C(C)C1. The van der Waals surface area contributed by atoms with E-state index in [1.54, 1.807) is 12.4 Å². The van der Waals surface area contributed by atoms with Gasteiger partial charge < -0.3 is 10.0 Å². The van der Waals surface area contributed by atoms with E-state index in [1.807, 2.05) is 6.92 Å². The Morgan fingerprint density at radius 2 is 2.13 bits per heavy atom. The normalized spacial score (nSPS) is 26.7. The maximum atomic E-state index is 9.65. The van der Waals surface area contributed by atoms with Crippen molar-refractivity contribution in [2.75, 3.05) is 18.0 Å². The maximum Gasteiger partial charge on any atom is 0.150 e. The minimum Gasteiger partial charge on any atom is -0.393 e. The van der Waals surface area contributed by atoms with Gasteiger partial charge in [-0.05, 0) is 19.3 Å². The van der Waals surface area contributed by atoms with E-state index in [0.717, 1.165) is 31.0 Å². The van der Waals surface area contributed by atoms with E-state index in [9.17, 15) is 5.11 Å². The first-order valence-corrected chi connectivity index (χ1v) is 5.39. The molecule has 2 unspecified atom stereocenters. The third-order valence-corrected chi connectivity index (χ3v) is 3.01. The van der Waals surface area contributed by atoms with Gasteiger partial charge in [-0.3, -0.25) is 4.98 Å². The zero-order valence-corrected chi connectivity index (χ0v) is 9.22. The summed E-state index contributed by atoms with van der Waals surface area (Å²) in [6, 6.07) is 0. The number of rotatable bonds is 1. The minimum absolute atomic E-state index is 0.168. The van der Waals surface area contributed by atoms with Gasteiger partial charge >= 0.3 is 0 Å². The number of hydrogen-bond donors (Lipinski definition) is 1. The van der Waals surface area contributed by atoms with Crippen LogP contribution in [-0.4, -0.2) is 34.3 Å². The monoisotopic (exact) mass is 207 g/mol. The highest BCUT2D eigenvalue weighted by atomic mass is 16.3. The molecule has 1 N–H and O–H groups in total. The zero-order valence-electron chi connectivity index (χ0n) is 9.22. The van der Waals surface area contributed by atoms with E-state index < -0.39 is 0 Å². The molecule has 1 aromatic heterocycles. The second-order valence-electron chi connectivity index (χ2n) is 4.24. The Kier molecular flexibility index (Phi) is 2.86. The molecule has 0 spiro atoms. The second-order valence-corrected chi connectivity index (χ2v) is 4.24. The van der Waals surface area contributed by atoms with Gasteiger partial charge in [-0.1, -0.05) is 6.92 Å². The number of piperidine rings is 1. The summed E-state index contributed by atoms with van der Waals surface area (Å²) >= 11 is 0. The number of aliphatic hydroxyl groups is 1. The van der Waals surface area contributed by atoms with Crippen molar-refractivity contribution < 1.29 is 5.11 Å². The topological polar surface area (TPSA) is 49.2 Å². The van der Waals surface area contributed by atoms with Gasteiger partial charge in [0.1, 0.15) is 5.82 Å². The van der Waals surface area contributed by atoms with Gasteiger partial charge in [0.05, 0.1) is 11.8 Å². The molecule has 82 valence electrons. The molecule has 1 saturated heterocycles. The van der Waals surface area contributed by atoms with Gasteiger partial charge in [0.25, 0.3) is 0 Å². The molecule has 15 heavy (non-hydrogen) atoms. The molecule has 0 amide bonds. The fourth-order valence-electron chi connectivity index (χ4n) is 2.04. The summed E-state index contributed by atoms with van der Waals surface area (Å²) in [5.74, 6) is 1.26. The molecule has 0 aliphatic carbocycles. The van der Waals surface area contributed by atoms with Crippen molar-refractivity contribution in [3.63, 3.8) is 0 Å². The van der Waals surface area contributed by atoms with Crippen LogP contribution in [0.15, 0.2) is 12.4 Å². The lowest BCUT2D eigenvalue weighted by molar-refractivity contribution is 0.0968. The molecular weight excluding hydrogens is 190 g/mol. The van der Waals surface area contributed by atoms with Crippen molar-refractivity contribution in [2.45, 2.75) is 26.4 Å². The number of aromatic nitrogens is 2. The minimum atomic E-state index is -0.168. The first-order chi connectivity index (χ1) is 7.18. The van der Waals surface area contributed by atoms with Gasteiger partial charge in [0, 0.05) is 25.5 Å². The molecule has 4 nitrogen and oxygen atoms in total. The summed E-state index contributed by atoms with van der Waals surface area (Å²) in [7, 11) is 0. The predicted octanol–water partition coefficient (Wildman–Crippen LogP) is 0.992. The summed E-state index contributed by atoms with van der Waals surface area (Å²) in [5.41, 5.74) is 0.959. The molecule has 2 heterocycles. The first kappa shape index (κ1) is 10.4. The van der Waals surface area contributed by atoms with Crippen LogP contribution in [0.1, 0.15) is 19.0 Å². The first-order valence-electron chi connectivity index (χ1n) is 5.39. The Morgan fingerprint density at radius 3 is 2.80 bits per heavy atom. The molecule has 1 aromatic rings. The van der Waals surface area contributed by atoms with E-state index in [0.29, 0.717) is 5.92 Å². The second kappa shape index (κ2) is 4.14. The molecule has 0 saturated carbocycles. The van der Waals surface area contributed by atoms with E-state index >= 15 is 0 Å². The number of nitrogens with zero attached hydrogens (tertiary/aromatic N) is 3. The van der Waals surface area contributed by atoms with Crippen LogP contribution in [0, 0.1) is 12.8 Å². The number of aliphatic hydroxyl groups excluding tert-OH is 1. The van der Waals surface area contributed by atoms with Crippen LogP contribution in [0.4, 0.5) is 5.82 Å². The Bertz CT molecular complexity index is 342. The molecule has 2 rings (SSSR count). The van der Waals surface area contributed by atoms with Gasteiger partial charge in [-0.25, -0.2) is 4.98 Å². The van der Waals surface area contributed by atoms with Gasteiger partial charge in [-0.2, -0.15) is 0 Å². The van der Waals surface area contributed by atoms with Crippen LogP contribution in [0.25, 0.3) is 0 Å². The van der Waals surface area contributed by atoms with Crippen molar-refractivity contribution in [2.24, 2.45) is 5.92 Å². The summed E-state index contributed by atoms with van der Waals surface area (Å²) < 4.78 is 0. The van der Waals surface area contributed by atoms with E-state index in [2.05, 4.69) is 21.8 Å². The highest BCUT2D eigenvalue weighted by Crippen LogP contribution is 2.22. The summed E-state index contributed by atoms with van der Waals surface area (Å²) in [4.78, 5) is 10.8. The van der Waals surface area contributed by atoms with Crippen molar-refractivity contribution in [3.05, 3.63) is 18.1 Å². The van der Waals surface area contributed by atoms with Crippen LogP contribution in [-0.2, 0) is 0 Å². The molecular formula is C11H17N3O. The lowest BCUT2D eigenvalue weighted by Gasteiger charge is -2.35. The molecule has 0 bridgehead atoms. The Hall–Kier alpha value is -1.16. The van der Waals surface area contributed by atoms with E-state index in [4.69, 9.17) is 0 Å². The molecule has 1 fully saturated rings. The fourth-order valence-corrected chi connectivity index (χ4v) is 2.04. The Morgan fingerprint density at radius 1 is 1.40 bits per heavy atom. The standard InChI is InChI=1S/C11H17N3O/c1-8-7-14(6-3-10(8)15)11-9(2)12-4-5-13-11/h4-5,8,10,15H,3,6-7H2,1-2H3. The van der Waals surface area contributed by atoms with Crippen molar-refractivity contribution in [1.82, 2.24) is 9.97 Å². The van der Waals surface area contributed by atoms with Crippen LogP contribution < -0.4 is 4.90 Å². The van der Waals surface area contributed by atoms with Crippen LogP contribution in [0.5, 0.6) is 0 Å². The smallest absolute Gasteiger partial charge is 0.150 e.